The Morgan fingerprint density at radius 2 is 2.13 bits per heavy atom. The molecule has 0 atom stereocenters. The summed E-state index contributed by atoms with van der Waals surface area (Å²) < 4.78 is 10.6. The maximum absolute atomic E-state index is 11.7. The number of hydrogen-bond donors (Lipinski definition) is 2. The van der Waals surface area contributed by atoms with Gasteiger partial charge >= 0.3 is 0 Å². The highest BCUT2D eigenvalue weighted by atomic mass is 16.7. The monoisotopic (exact) mass is 311 g/mol. The van der Waals surface area contributed by atoms with Crippen LogP contribution in [0.25, 0.3) is 0 Å². The van der Waals surface area contributed by atoms with Gasteiger partial charge in [-0.15, -0.1) is 6.58 Å². The maximum atomic E-state index is 11.7. The Morgan fingerprint density at radius 3 is 2.91 bits per heavy atom. The average Bonchev–Trinajstić information content (AvgIpc) is 3.06. The average molecular weight is 311 g/mol. The number of fused-ring (bicyclic) bond motifs is 1. The molecule has 118 valence electrons. The topological polar surface area (TPSA) is 72.5 Å². The zero-order valence-electron chi connectivity index (χ0n) is 12.5. The second-order valence-corrected chi connectivity index (χ2v) is 4.97. The number of carbonyl (C=O) groups excluding carboxylic acids is 1. The first-order chi connectivity index (χ1) is 11.3. The molecule has 0 unspecified atom stereocenters. The Kier molecular flexibility index (Phi) is 4.42. The van der Waals surface area contributed by atoms with E-state index in [2.05, 4.69) is 22.2 Å². The molecule has 3 rings (SSSR count). The number of amides is 1. The molecule has 0 saturated heterocycles. The summed E-state index contributed by atoms with van der Waals surface area (Å²) in [7, 11) is 0. The Bertz CT molecular complexity index is 714. The largest absolute Gasteiger partial charge is 0.454 e. The number of pyridine rings is 1. The molecule has 1 amide bonds. The molecule has 0 aliphatic carbocycles. The lowest BCUT2D eigenvalue weighted by Crippen LogP contribution is -2.24. The predicted octanol–water partition coefficient (Wildman–Crippen LogP) is 2.34. The summed E-state index contributed by atoms with van der Waals surface area (Å²) in [6, 6.07) is 9.32. The van der Waals surface area contributed by atoms with E-state index in [1.165, 1.54) is 0 Å². The van der Waals surface area contributed by atoms with Gasteiger partial charge in [-0.1, -0.05) is 12.1 Å². The number of hydrogen-bond acceptors (Lipinski definition) is 5. The van der Waals surface area contributed by atoms with Crippen LogP contribution in [0.1, 0.15) is 16.1 Å². The third-order valence-electron chi connectivity index (χ3n) is 3.34. The quantitative estimate of drug-likeness (QED) is 0.801. The number of nitrogens with zero attached hydrogens (tertiary/aromatic N) is 1. The van der Waals surface area contributed by atoms with Crippen LogP contribution in [0.3, 0.4) is 0 Å². The molecular weight excluding hydrogens is 294 g/mol. The van der Waals surface area contributed by atoms with Crippen LogP contribution in [0.5, 0.6) is 11.5 Å². The van der Waals surface area contributed by atoms with Crippen molar-refractivity contribution in [1.29, 1.82) is 0 Å². The van der Waals surface area contributed by atoms with E-state index < -0.39 is 0 Å². The highest BCUT2D eigenvalue weighted by Gasteiger charge is 2.13. The number of nitrogens with one attached hydrogen (secondary N) is 2. The van der Waals surface area contributed by atoms with E-state index >= 15 is 0 Å². The fraction of sp³-hybridized carbons (Fsp3) is 0.176. The lowest BCUT2D eigenvalue weighted by Gasteiger charge is -2.08. The molecule has 0 bridgehead atoms. The predicted molar refractivity (Wildman–Crippen MR) is 86.7 cm³/mol. The van der Waals surface area contributed by atoms with Crippen LogP contribution < -0.4 is 20.1 Å². The first-order valence-corrected chi connectivity index (χ1v) is 7.24. The first-order valence-electron chi connectivity index (χ1n) is 7.24. The maximum Gasteiger partial charge on any atom is 0.270 e. The standard InChI is InChI=1S/C17H17N3O3/c1-2-7-18-17(21)14-5-4-13(10-20-14)19-9-12-3-6-15-16(8-12)23-11-22-15/h2-6,8,10,19H,1,7,9,11H2,(H,18,21). The van der Waals surface area contributed by atoms with Gasteiger partial charge in [-0.2, -0.15) is 0 Å². The van der Waals surface area contributed by atoms with Gasteiger partial charge in [-0.3, -0.25) is 4.79 Å². The number of benzene rings is 1. The Hall–Kier alpha value is -3.02. The van der Waals surface area contributed by atoms with Gasteiger partial charge in [0, 0.05) is 13.1 Å². The molecule has 0 spiro atoms. The number of aromatic nitrogens is 1. The fourth-order valence-corrected chi connectivity index (χ4v) is 2.14. The fourth-order valence-electron chi connectivity index (χ4n) is 2.14. The third kappa shape index (κ3) is 3.60. The molecular formula is C17H17N3O3. The van der Waals surface area contributed by atoms with E-state index in [9.17, 15) is 4.79 Å². The van der Waals surface area contributed by atoms with E-state index in [0.29, 0.717) is 18.8 Å². The van der Waals surface area contributed by atoms with Crippen molar-refractivity contribution in [2.45, 2.75) is 6.54 Å². The molecule has 0 fully saturated rings. The minimum absolute atomic E-state index is 0.216. The lowest BCUT2D eigenvalue weighted by molar-refractivity contribution is 0.0953. The molecule has 6 nitrogen and oxygen atoms in total. The van der Waals surface area contributed by atoms with Gasteiger partial charge in [0.15, 0.2) is 11.5 Å². The zero-order chi connectivity index (χ0) is 16.1. The Labute approximate surface area is 134 Å². The van der Waals surface area contributed by atoms with E-state index in [-0.39, 0.29) is 12.7 Å². The summed E-state index contributed by atoms with van der Waals surface area (Å²) in [5.74, 6) is 1.31. The van der Waals surface area contributed by atoms with Crippen molar-refractivity contribution in [2.24, 2.45) is 0 Å². The van der Waals surface area contributed by atoms with Crippen molar-refractivity contribution in [3.8, 4) is 11.5 Å². The van der Waals surface area contributed by atoms with Crippen LogP contribution in [0.2, 0.25) is 0 Å². The molecule has 1 aliphatic rings. The summed E-state index contributed by atoms with van der Waals surface area (Å²) in [5, 5.41) is 5.94. The Balaban J connectivity index is 1.58. The van der Waals surface area contributed by atoms with Crippen LogP contribution in [-0.4, -0.2) is 24.2 Å². The second-order valence-electron chi connectivity index (χ2n) is 4.97. The van der Waals surface area contributed by atoms with Gasteiger partial charge < -0.3 is 20.1 Å². The van der Waals surface area contributed by atoms with E-state index in [1.54, 1.807) is 18.3 Å². The van der Waals surface area contributed by atoms with Gasteiger partial charge in [0.25, 0.3) is 5.91 Å². The number of rotatable bonds is 6. The molecule has 1 aromatic carbocycles. The van der Waals surface area contributed by atoms with Gasteiger partial charge in [-0.25, -0.2) is 4.98 Å². The normalized spacial score (nSPS) is 11.8. The van der Waals surface area contributed by atoms with Gasteiger partial charge in [-0.05, 0) is 29.8 Å². The molecule has 2 heterocycles. The zero-order valence-corrected chi connectivity index (χ0v) is 12.5. The van der Waals surface area contributed by atoms with Gasteiger partial charge in [0.1, 0.15) is 5.69 Å². The first kappa shape index (κ1) is 14.9. The molecule has 1 aromatic heterocycles. The third-order valence-corrected chi connectivity index (χ3v) is 3.34. The van der Waals surface area contributed by atoms with E-state index in [1.807, 2.05) is 24.3 Å². The summed E-state index contributed by atoms with van der Waals surface area (Å²) in [6.07, 6.45) is 3.26. The van der Waals surface area contributed by atoms with Crippen molar-refractivity contribution in [3.63, 3.8) is 0 Å². The molecule has 0 radical (unpaired) electrons. The van der Waals surface area contributed by atoms with E-state index in [0.717, 1.165) is 22.7 Å². The van der Waals surface area contributed by atoms with Crippen molar-refractivity contribution in [2.75, 3.05) is 18.7 Å². The van der Waals surface area contributed by atoms with Gasteiger partial charge in [0.05, 0.1) is 11.9 Å². The minimum Gasteiger partial charge on any atom is -0.454 e. The minimum atomic E-state index is -0.216. The van der Waals surface area contributed by atoms with Crippen molar-refractivity contribution in [1.82, 2.24) is 10.3 Å². The van der Waals surface area contributed by atoms with E-state index in [4.69, 9.17) is 9.47 Å². The van der Waals surface area contributed by atoms with Crippen LogP contribution in [-0.2, 0) is 6.54 Å². The van der Waals surface area contributed by atoms with Crippen LogP contribution >= 0.6 is 0 Å². The Morgan fingerprint density at radius 1 is 1.26 bits per heavy atom. The number of anilines is 1. The highest BCUT2D eigenvalue weighted by Crippen LogP contribution is 2.32. The smallest absolute Gasteiger partial charge is 0.270 e. The van der Waals surface area contributed by atoms with Crippen LogP contribution in [0.4, 0.5) is 5.69 Å². The lowest BCUT2D eigenvalue weighted by atomic mass is 10.2. The summed E-state index contributed by atoms with van der Waals surface area (Å²) >= 11 is 0. The highest BCUT2D eigenvalue weighted by molar-refractivity contribution is 5.92. The molecule has 1 aliphatic heterocycles. The molecule has 2 aromatic rings. The molecule has 6 heteroatoms. The van der Waals surface area contributed by atoms with Crippen molar-refractivity contribution in [3.05, 3.63) is 60.4 Å². The van der Waals surface area contributed by atoms with Crippen molar-refractivity contribution >= 4 is 11.6 Å². The summed E-state index contributed by atoms with van der Waals surface area (Å²) in [5.41, 5.74) is 2.28. The van der Waals surface area contributed by atoms with Crippen LogP contribution in [0, 0.1) is 0 Å². The van der Waals surface area contributed by atoms with Crippen LogP contribution in [0.15, 0.2) is 49.2 Å². The summed E-state index contributed by atoms with van der Waals surface area (Å²) in [4.78, 5) is 15.9. The molecule has 0 saturated carbocycles. The number of ether oxygens (including phenoxy) is 2. The van der Waals surface area contributed by atoms with Crippen molar-refractivity contribution < 1.29 is 14.3 Å². The SMILES string of the molecule is C=CCNC(=O)c1ccc(NCc2ccc3c(c2)OCO3)cn1. The summed E-state index contributed by atoms with van der Waals surface area (Å²) in [6.45, 7) is 4.87. The molecule has 2 N–H and O–H groups in total. The number of carbonyl (C=O) groups is 1. The van der Waals surface area contributed by atoms with Gasteiger partial charge in [0.2, 0.25) is 6.79 Å². The molecule has 23 heavy (non-hydrogen) atoms. The second kappa shape index (κ2) is 6.83.